The maximum Gasteiger partial charge on any atom is 0.187 e. The minimum absolute atomic E-state index is 0.00681. The van der Waals surface area contributed by atoms with Crippen LogP contribution in [0.25, 0.3) is 0 Å². The summed E-state index contributed by atoms with van der Waals surface area (Å²) >= 11 is 0. The van der Waals surface area contributed by atoms with E-state index in [9.17, 15) is 15.8 Å². The van der Waals surface area contributed by atoms with Crippen molar-refractivity contribution in [3.63, 3.8) is 0 Å². The Bertz CT molecular complexity index is 651. The molecule has 0 radical (unpaired) electrons. The number of allylic oxidation sites excluding steroid dienone is 2. The Morgan fingerprint density at radius 1 is 1.35 bits per heavy atom. The van der Waals surface area contributed by atoms with E-state index in [1.54, 1.807) is 0 Å². The maximum atomic E-state index is 9.79. The first kappa shape index (κ1) is 17.1. The van der Waals surface area contributed by atoms with Crippen molar-refractivity contribution in [2.45, 2.75) is 27.2 Å². The molecule has 5 nitrogen and oxygen atoms in total. The lowest BCUT2D eigenvalue weighted by Crippen LogP contribution is -2.49. The molecule has 2 atom stereocenters. The third kappa shape index (κ3) is 2.61. The fourth-order valence-electron chi connectivity index (χ4n) is 3.86. The van der Waals surface area contributed by atoms with Gasteiger partial charge in [-0.15, -0.1) is 0 Å². The Morgan fingerprint density at radius 2 is 2.00 bits per heavy atom. The summed E-state index contributed by atoms with van der Waals surface area (Å²) in [6.45, 7) is 8.72. The van der Waals surface area contributed by atoms with Crippen LogP contribution in [0.5, 0.6) is 0 Å². The number of hydrogen-bond acceptors (Lipinski definition) is 5. The molecule has 23 heavy (non-hydrogen) atoms. The van der Waals surface area contributed by atoms with Crippen LogP contribution in [0.1, 0.15) is 27.2 Å². The molecule has 0 unspecified atom stereocenters. The van der Waals surface area contributed by atoms with Crippen molar-refractivity contribution >= 4 is 0 Å². The maximum absolute atomic E-state index is 9.79. The third-order valence-electron chi connectivity index (χ3n) is 5.09. The molecule has 0 fully saturated rings. The van der Waals surface area contributed by atoms with Gasteiger partial charge < -0.3 is 5.73 Å². The lowest BCUT2D eigenvalue weighted by molar-refractivity contribution is 0.152. The fraction of sp³-hybridized carbons (Fsp3) is 0.611. The van der Waals surface area contributed by atoms with Gasteiger partial charge in [0.15, 0.2) is 5.41 Å². The molecular weight excluding hydrogens is 286 g/mol. The molecule has 0 aromatic carbocycles. The smallest absolute Gasteiger partial charge is 0.187 e. The van der Waals surface area contributed by atoms with Gasteiger partial charge in [-0.05, 0) is 24.5 Å². The Kier molecular flexibility index (Phi) is 4.79. The van der Waals surface area contributed by atoms with Gasteiger partial charge in [-0.1, -0.05) is 26.8 Å². The van der Waals surface area contributed by atoms with E-state index in [2.05, 4.69) is 50.0 Å². The third-order valence-corrected chi connectivity index (χ3v) is 5.09. The molecule has 0 saturated carbocycles. The first-order valence-corrected chi connectivity index (χ1v) is 8.10. The molecule has 0 bridgehead atoms. The number of nitriles is 3. The zero-order valence-electron chi connectivity index (χ0n) is 14.0. The molecule has 2 aliphatic rings. The Labute approximate surface area is 138 Å². The highest BCUT2D eigenvalue weighted by Gasteiger charge is 2.53. The van der Waals surface area contributed by atoms with Crippen molar-refractivity contribution in [2.75, 3.05) is 19.6 Å². The number of rotatable bonds is 3. The van der Waals surface area contributed by atoms with Gasteiger partial charge in [0.25, 0.3) is 0 Å². The molecular formula is C18H23N5. The second kappa shape index (κ2) is 6.45. The van der Waals surface area contributed by atoms with E-state index in [-0.39, 0.29) is 17.5 Å². The van der Waals surface area contributed by atoms with Crippen LogP contribution in [-0.2, 0) is 0 Å². The summed E-state index contributed by atoms with van der Waals surface area (Å²) in [7, 11) is 0. The normalized spacial score (nSPS) is 26.7. The van der Waals surface area contributed by atoms with Gasteiger partial charge in [-0.2, -0.15) is 15.8 Å². The van der Waals surface area contributed by atoms with Gasteiger partial charge in [0.05, 0.1) is 23.4 Å². The van der Waals surface area contributed by atoms with Crippen molar-refractivity contribution in [3.8, 4) is 18.2 Å². The van der Waals surface area contributed by atoms with E-state index in [1.807, 2.05) is 0 Å². The standard InChI is InChI=1S/C18H23N5/c1-4-23-6-5-13-14(8-19)17(22)18(10-20,11-21)16(7-12(2)3)15(13)9-23/h5,12,15-16H,4,6-7,9,22H2,1-3H3/t15-,16+/m1/s1. The van der Waals surface area contributed by atoms with Gasteiger partial charge >= 0.3 is 0 Å². The van der Waals surface area contributed by atoms with Crippen LogP contribution in [-0.4, -0.2) is 24.5 Å². The van der Waals surface area contributed by atoms with Gasteiger partial charge in [0.1, 0.15) is 6.07 Å². The van der Waals surface area contributed by atoms with Crippen LogP contribution < -0.4 is 5.73 Å². The number of fused-ring (bicyclic) bond motifs is 1. The molecule has 0 spiro atoms. The van der Waals surface area contributed by atoms with Crippen molar-refractivity contribution in [2.24, 2.45) is 28.9 Å². The highest BCUT2D eigenvalue weighted by molar-refractivity contribution is 5.56. The number of nitrogens with two attached hydrogens (primary N) is 1. The fourth-order valence-corrected chi connectivity index (χ4v) is 3.86. The SMILES string of the molecule is CCN1CC=C2C(C#N)=C(N)C(C#N)(C#N)[C@@H](CC(C)C)[C@@H]2C1. The van der Waals surface area contributed by atoms with Crippen LogP contribution in [0.3, 0.4) is 0 Å². The molecule has 0 saturated heterocycles. The van der Waals surface area contributed by atoms with Crippen LogP contribution in [0.4, 0.5) is 0 Å². The Balaban J connectivity index is 2.68. The molecule has 1 heterocycles. The average molecular weight is 309 g/mol. The monoisotopic (exact) mass is 309 g/mol. The first-order chi connectivity index (χ1) is 10.9. The average Bonchev–Trinajstić information content (AvgIpc) is 2.55. The minimum atomic E-state index is -1.41. The van der Waals surface area contributed by atoms with Crippen molar-refractivity contribution in [1.82, 2.24) is 4.90 Å². The van der Waals surface area contributed by atoms with Crippen molar-refractivity contribution in [1.29, 1.82) is 15.8 Å². The Hall–Kier alpha value is -2.29. The molecule has 0 amide bonds. The molecule has 2 N–H and O–H groups in total. The lowest BCUT2D eigenvalue weighted by Gasteiger charge is -2.46. The summed E-state index contributed by atoms with van der Waals surface area (Å²) in [5.74, 6) is 0.165. The van der Waals surface area contributed by atoms with Crippen LogP contribution in [0.2, 0.25) is 0 Å². The van der Waals surface area contributed by atoms with E-state index in [4.69, 9.17) is 5.73 Å². The topological polar surface area (TPSA) is 101 Å². The van der Waals surface area contributed by atoms with Crippen LogP contribution in [0, 0.1) is 57.2 Å². The molecule has 0 aromatic rings. The summed E-state index contributed by atoms with van der Waals surface area (Å²) < 4.78 is 0. The van der Waals surface area contributed by atoms with E-state index in [1.165, 1.54) is 0 Å². The number of nitrogens with zero attached hydrogens (tertiary/aromatic N) is 4. The predicted molar refractivity (Wildman–Crippen MR) is 87.1 cm³/mol. The minimum Gasteiger partial charge on any atom is -0.399 e. The number of hydrogen-bond donors (Lipinski definition) is 1. The van der Waals surface area contributed by atoms with E-state index in [0.717, 1.165) is 31.6 Å². The van der Waals surface area contributed by atoms with E-state index in [0.29, 0.717) is 11.5 Å². The summed E-state index contributed by atoms with van der Waals surface area (Å²) in [5.41, 5.74) is 6.19. The quantitative estimate of drug-likeness (QED) is 0.862. The first-order valence-electron chi connectivity index (χ1n) is 8.10. The van der Waals surface area contributed by atoms with Crippen LogP contribution >= 0.6 is 0 Å². The van der Waals surface area contributed by atoms with Gasteiger partial charge in [-0.3, -0.25) is 4.90 Å². The van der Waals surface area contributed by atoms with Crippen molar-refractivity contribution < 1.29 is 0 Å². The molecule has 1 aliphatic heterocycles. The molecule has 120 valence electrons. The van der Waals surface area contributed by atoms with E-state index < -0.39 is 5.41 Å². The molecule has 2 rings (SSSR count). The second-order valence-electron chi connectivity index (χ2n) is 6.79. The largest absolute Gasteiger partial charge is 0.399 e. The van der Waals surface area contributed by atoms with Gasteiger partial charge in [0.2, 0.25) is 0 Å². The summed E-state index contributed by atoms with van der Waals surface area (Å²) in [5, 5.41) is 29.1. The van der Waals surface area contributed by atoms with E-state index >= 15 is 0 Å². The van der Waals surface area contributed by atoms with Crippen molar-refractivity contribution in [3.05, 3.63) is 22.9 Å². The predicted octanol–water partition coefficient (Wildman–Crippen LogP) is 2.31. The second-order valence-corrected chi connectivity index (χ2v) is 6.79. The summed E-state index contributed by atoms with van der Waals surface area (Å²) in [6.07, 6.45) is 2.79. The van der Waals surface area contributed by atoms with Gasteiger partial charge in [0, 0.05) is 24.9 Å². The summed E-state index contributed by atoms with van der Waals surface area (Å²) in [6, 6.07) is 6.47. The van der Waals surface area contributed by atoms with Crippen LogP contribution in [0.15, 0.2) is 22.9 Å². The zero-order chi connectivity index (χ0) is 17.2. The highest BCUT2D eigenvalue weighted by atomic mass is 15.1. The molecule has 1 aliphatic carbocycles. The lowest BCUT2D eigenvalue weighted by atomic mass is 9.58. The Morgan fingerprint density at radius 3 is 2.48 bits per heavy atom. The molecule has 5 heteroatoms. The summed E-state index contributed by atoms with van der Waals surface area (Å²) in [4.78, 5) is 2.28. The van der Waals surface area contributed by atoms with Gasteiger partial charge in [-0.25, -0.2) is 0 Å². The molecule has 0 aromatic heterocycles. The zero-order valence-corrected chi connectivity index (χ0v) is 14.0. The number of likely N-dealkylation sites (N-methyl/N-ethyl adjacent to an activating group) is 1. The highest BCUT2D eigenvalue weighted by Crippen LogP contribution is 2.51.